The smallest absolute Gasteiger partial charge is 0.258 e. The molecule has 0 aliphatic heterocycles. The van der Waals surface area contributed by atoms with E-state index < -0.39 is 0 Å². The zero-order chi connectivity index (χ0) is 13.8. The Labute approximate surface area is 110 Å². The molecule has 2 heterocycles. The summed E-state index contributed by atoms with van der Waals surface area (Å²) in [6, 6.07) is 7.43. The van der Waals surface area contributed by atoms with Crippen molar-refractivity contribution in [1.82, 2.24) is 20.2 Å². The van der Waals surface area contributed by atoms with Crippen LogP contribution in [-0.4, -0.2) is 20.2 Å². The molecule has 0 radical (unpaired) electrons. The van der Waals surface area contributed by atoms with Gasteiger partial charge in [-0.25, -0.2) is 4.98 Å². The van der Waals surface area contributed by atoms with E-state index in [1.165, 1.54) is 0 Å². The van der Waals surface area contributed by atoms with Gasteiger partial charge in [-0.05, 0) is 25.1 Å². The molecule has 0 unspecified atom stereocenters. The summed E-state index contributed by atoms with van der Waals surface area (Å²) in [4.78, 5) is 18.8. The maximum atomic E-state index is 11.8. The Kier molecular flexibility index (Phi) is 3.75. The Morgan fingerprint density at radius 1 is 1.16 bits per heavy atom. The van der Waals surface area contributed by atoms with E-state index in [1.807, 2.05) is 38.1 Å². The third-order valence-corrected chi connectivity index (χ3v) is 2.64. The van der Waals surface area contributed by atoms with Crippen molar-refractivity contribution in [1.29, 1.82) is 0 Å². The molecule has 98 valence electrons. The van der Waals surface area contributed by atoms with E-state index in [4.69, 9.17) is 0 Å². The van der Waals surface area contributed by atoms with Crippen LogP contribution >= 0.6 is 0 Å². The van der Waals surface area contributed by atoms with Crippen LogP contribution in [0.2, 0.25) is 0 Å². The van der Waals surface area contributed by atoms with Crippen LogP contribution in [0.1, 0.15) is 19.7 Å². The highest BCUT2D eigenvalue weighted by Gasteiger charge is 2.05. The molecule has 0 saturated carbocycles. The molecule has 2 N–H and O–H groups in total. The van der Waals surface area contributed by atoms with Crippen molar-refractivity contribution >= 4 is 10.9 Å². The number of rotatable bonds is 1. The van der Waals surface area contributed by atoms with Crippen LogP contribution in [0, 0.1) is 6.92 Å². The highest BCUT2D eigenvalue weighted by molar-refractivity contribution is 5.82. The maximum absolute atomic E-state index is 11.8. The Bertz CT molecular complexity index is 729. The van der Waals surface area contributed by atoms with E-state index in [1.54, 1.807) is 13.1 Å². The van der Waals surface area contributed by atoms with Gasteiger partial charge in [0.25, 0.3) is 5.56 Å². The van der Waals surface area contributed by atoms with Gasteiger partial charge in [0.05, 0.1) is 16.6 Å². The van der Waals surface area contributed by atoms with Crippen LogP contribution in [0.15, 0.2) is 35.3 Å². The number of benzene rings is 1. The minimum atomic E-state index is -0.117. The fraction of sp³-hybridized carbons (Fsp3) is 0.214. The summed E-state index contributed by atoms with van der Waals surface area (Å²) in [5.41, 5.74) is 2.39. The number of H-pyrrole nitrogens is 2. The molecular formula is C14H16N4O. The molecule has 0 bridgehead atoms. The monoisotopic (exact) mass is 256 g/mol. The molecule has 2 aromatic heterocycles. The van der Waals surface area contributed by atoms with Crippen LogP contribution in [0.3, 0.4) is 0 Å². The number of nitrogens with one attached hydrogen (secondary N) is 2. The van der Waals surface area contributed by atoms with E-state index >= 15 is 0 Å². The Balaban J connectivity index is 0.000000637. The Hall–Kier alpha value is -2.43. The van der Waals surface area contributed by atoms with E-state index in [2.05, 4.69) is 20.2 Å². The maximum Gasteiger partial charge on any atom is 0.258 e. The molecule has 0 spiro atoms. The fourth-order valence-corrected chi connectivity index (χ4v) is 1.84. The van der Waals surface area contributed by atoms with Crippen LogP contribution in [0.25, 0.3) is 22.2 Å². The van der Waals surface area contributed by atoms with Gasteiger partial charge in [-0.15, -0.1) is 0 Å². The van der Waals surface area contributed by atoms with Crippen molar-refractivity contribution in [2.45, 2.75) is 20.8 Å². The minimum Gasteiger partial charge on any atom is -0.310 e. The highest BCUT2D eigenvalue weighted by atomic mass is 16.1. The summed E-state index contributed by atoms with van der Waals surface area (Å²) in [5, 5.41) is 7.34. The van der Waals surface area contributed by atoms with Crippen molar-refractivity contribution in [2.24, 2.45) is 0 Å². The first-order chi connectivity index (χ1) is 9.24. The zero-order valence-corrected chi connectivity index (χ0v) is 11.2. The van der Waals surface area contributed by atoms with E-state index in [-0.39, 0.29) is 5.56 Å². The van der Waals surface area contributed by atoms with Crippen LogP contribution < -0.4 is 5.56 Å². The molecule has 0 aliphatic carbocycles. The average Bonchev–Trinajstić information content (AvgIpc) is 2.94. The summed E-state index contributed by atoms with van der Waals surface area (Å²) in [6.07, 6.45) is 1.68. The first-order valence-electron chi connectivity index (χ1n) is 6.24. The quantitative estimate of drug-likeness (QED) is 0.703. The predicted octanol–water partition coefficient (Wildman–Crippen LogP) is 2.65. The van der Waals surface area contributed by atoms with E-state index in [0.717, 1.165) is 11.3 Å². The summed E-state index contributed by atoms with van der Waals surface area (Å²) >= 11 is 0. The van der Waals surface area contributed by atoms with Gasteiger partial charge in [0, 0.05) is 11.8 Å². The summed E-state index contributed by atoms with van der Waals surface area (Å²) in [6.45, 7) is 5.77. The van der Waals surface area contributed by atoms with Gasteiger partial charge >= 0.3 is 0 Å². The number of aromatic amines is 2. The van der Waals surface area contributed by atoms with Crippen molar-refractivity contribution < 1.29 is 0 Å². The molecule has 1 aromatic carbocycles. The lowest BCUT2D eigenvalue weighted by Crippen LogP contribution is -2.09. The second-order valence-electron chi connectivity index (χ2n) is 3.85. The lowest BCUT2D eigenvalue weighted by molar-refractivity contribution is 1.06. The topological polar surface area (TPSA) is 74.4 Å². The molecule has 0 aliphatic rings. The third kappa shape index (κ3) is 2.54. The van der Waals surface area contributed by atoms with Crippen molar-refractivity contribution in [3.63, 3.8) is 0 Å². The summed E-state index contributed by atoms with van der Waals surface area (Å²) in [7, 11) is 0. The Morgan fingerprint density at radius 2 is 1.95 bits per heavy atom. The first-order valence-corrected chi connectivity index (χ1v) is 6.24. The number of nitrogens with zero attached hydrogens (tertiary/aromatic N) is 2. The number of fused-ring (bicyclic) bond motifs is 1. The predicted molar refractivity (Wildman–Crippen MR) is 76.0 cm³/mol. The van der Waals surface area contributed by atoms with Gasteiger partial charge in [0.2, 0.25) is 0 Å². The second kappa shape index (κ2) is 5.48. The van der Waals surface area contributed by atoms with Crippen LogP contribution in [0.5, 0.6) is 0 Å². The van der Waals surface area contributed by atoms with Gasteiger partial charge in [-0.1, -0.05) is 19.9 Å². The van der Waals surface area contributed by atoms with E-state index in [0.29, 0.717) is 16.7 Å². The molecule has 0 fully saturated rings. The second-order valence-corrected chi connectivity index (χ2v) is 3.85. The number of hydrogen-bond acceptors (Lipinski definition) is 3. The normalized spacial score (nSPS) is 10.1. The number of hydrogen-bond donors (Lipinski definition) is 2. The average molecular weight is 256 g/mol. The summed E-state index contributed by atoms with van der Waals surface area (Å²) < 4.78 is 0. The third-order valence-electron chi connectivity index (χ3n) is 2.64. The molecule has 5 heteroatoms. The van der Waals surface area contributed by atoms with Crippen LogP contribution in [0.4, 0.5) is 0 Å². The standard InChI is InChI=1S/C12H10N4O.C2H6/c1-7-14-11-3-2-8(10-4-5-13-16-10)6-9(11)12(17)15-7;1-2/h2-6H,1H3,(H,13,16)(H,14,15,17);1-2H3. The molecular weight excluding hydrogens is 240 g/mol. The van der Waals surface area contributed by atoms with Crippen molar-refractivity contribution in [2.75, 3.05) is 0 Å². The molecule has 19 heavy (non-hydrogen) atoms. The SMILES string of the molecule is CC.Cc1nc2ccc(-c3ccn[nH]3)cc2c(=O)[nH]1. The Morgan fingerprint density at radius 3 is 2.63 bits per heavy atom. The number of aryl methyl sites for hydroxylation is 1. The first kappa shape index (κ1) is 13.0. The van der Waals surface area contributed by atoms with Gasteiger partial charge in [0.15, 0.2) is 0 Å². The number of aromatic nitrogens is 4. The van der Waals surface area contributed by atoms with Crippen molar-refractivity contribution in [3.05, 3.63) is 46.6 Å². The molecule has 3 aromatic rings. The van der Waals surface area contributed by atoms with Crippen LogP contribution in [-0.2, 0) is 0 Å². The zero-order valence-electron chi connectivity index (χ0n) is 11.2. The summed E-state index contributed by atoms with van der Waals surface area (Å²) in [5.74, 6) is 0.622. The van der Waals surface area contributed by atoms with Gasteiger partial charge in [0.1, 0.15) is 5.82 Å². The van der Waals surface area contributed by atoms with Gasteiger partial charge in [-0.3, -0.25) is 9.89 Å². The fourth-order valence-electron chi connectivity index (χ4n) is 1.84. The highest BCUT2D eigenvalue weighted by Crippen LogP contribution is 2.19. The largest absolute Gasteiger partial charge is 0.310 e. The molecule has 0 saturated heterocycles. The van der Waals surface area contributed by atoms with E-state index in [9.17, 15) is 4.79 Å². The molecule has 0 amide bonds. The minimum absolute atomic E-state index is 0.117. The van der Waals surface area contributed by atoms with Gasteiger partial charge in [-0.2, -0.15) is 5.10 Å². The lowest BCUT2D eigenvalue weighted by atomic mass is 10.1. The van der Waals surface area contributed by atoms with Gasteiger partial charge < -0.3 is 4.98 Å². The molecule has 5 nitrogen and oxygen atoms in total. The van der Waals surface area contributed by atoms with Crippen molar-refractivity contribution in [3.8, 4) is 11.3 Å². The molecule has 0 atom stereocenters. The lowest BCUT2D eigenvalue weighted by Gasteiger charge is -2.01. The molecule has 3 rings (SSSR count).